The van der Waals surface area contributed by atoms with Gasteiger partial charge in [-0.25, -0.2) is 4.79 Å². The number of hydrogen-bond acceptors (Lipinski definition) is 3. The fourth-order valence-corrected chi connectivity index (χ4v) is 1.50. The average Bonchev–Trinajstić information content (AvgIpc) is 2.26. The predicted octanol–water partition coefficient (Wildman–Crippen LogP) is 4.46. The van der Waals surface area contributed by atoms with E-state index in [1.807, 2.05) is 32.9 Å². The van der Waals surface area contributed by atoms with Crippen LogP contribution < -0.4 is 10.1 Å². The van der Waals surface area contributed by atoms with Gasteiger partial charge >= 0.3 is 6.09 Å². The van der Waals surface area contributed by atoms with E-state index >= 15 is 0 Å². The zero-order valence-corrected chi connectivity index (χ0v) is 13.0. The summed E-state index contributed by atoms with van der Waals surface area (Å²) in [5.74, 6) is 1.36. The van der Waals surface area contributed by atoms with Crippen molar-refractivity contribution in [3.8, 4) is 5.75 Å². The lowest BCUT2D eigenvalue weighted by molar-refractivity contribution is 0.0636. The molecule has 0 fully saturated rings. The van der Waals surface area contributed by atoms with Gasteiger partial charge in [-0.05, 0) is 45.2 Å². The molecule has 112 valence electrons. The third-order valence-electron chi connectivity index (χ3n) is 2.44. The quantitative estimate of drug-likeness (QED) is 0.865. The molecule has 0 bridgehead atoms. The summed E-state index contributed by atoms with van der Waals surface area (Å²) in [5.41, 5.74) is 0.163. The minimum atomic E-state index is -0.505. The van der Waals surface area contributed by atoms with Crippen LogP contribution in [-0.4, -0.2) is 18.3 Å². The lowest BCUT2D eigenvalue weighted by atomic mass is 10.1. The molecule has 4 heteroatoms. The van der Waals surface area contributed by atoms with Crippen LogP contribution >= 0.6 is 0 Å². The summed E-state index contributed by atoms with van der Waals surface area (Å²) in [5, 5.41) is 2.70. The molecule has 1 N–H and O–H groups in total. The monoisotopic (exact) mass is 279 g/mol. The van der Waals surface area contributed by atoms with Crippen molar-refractivity contribution in [1.82, 2.24) is 0 Å². The number of carbonyl (C=O) groups excluding carboxylic acids is 1. The van der Waals surface area contributed by atoms with E-state index in [1.54, 1.807) is 12.1 Å². The van der Waals surface area contributed by atoms with Crippen molar-refractivity contribution in [2.45, 2.75) is 46.6 Å². The standard InChI is InChI=1S/C16H25NO3/c1-12(2)9-10-19-14-8-6-7-13(11-14)17-15(18)20-16(3,4)5/h6-8,11-12H,9-10H2,1-5H3,(H,17,18). The topological polar surface area (TPSA) is 47.6 Å². The summed E-state index contributed by atoms with van der Waals surface area (Å²) in [4.78, 5) is 11.7. The first kappa shape index (κ1) is 16.3. The van der Waals surface area contributed by atoms with Crippen LogP contribution in [0.25, 0.3) is 0 Å². The molecule has 0 saturated heterocycles. The maximum atomic E-state index is 11.7. The first-order chi connectivity index (χ1) is 9.26. The molecule has 0 aliphatic heterocycles. The third-order valence-corrected chi connectivity index (χ3v) is 2.44. The summed E-state index contributed by atoms with van der Waals surface area (Å²) in [6.07, 6.45) is 0.542. The van der Waals surface area contributed by atoms with Crippen LogP contribution in [0, 0.1) is 5.92 Å². The Morgan fingerprint density at radius 3 is 2.60 bits per heavy atom. The third kappa shape index (κ3) is 7.02. The lowest BCUT2D eigenvalue weighted by Crippen LogP contribution is -2.27. The van der Waals surface area contributed by atoms with Gasteiger partial charge in [-0.3, -0.25) is 5.32 Å². The molecule has 0 unspecified atom stereocenters. The molecule has 4 nitrogen and oxygen atoms in total. The molecule has 1 rings (SSSR count). The van der Waals surface area contributed by atoms with Crippen LogP contribution in [0.1, 0.15) is 41.0 Å². The van der Waals surface area contributed by atoms with E-state index in [2.05, 4.69) is 19.2 Å². The molecule has 1 amide bonds. The van der Waals surface area contributed by atoms with E-state index in [1.165, 1.54) is 0 Å². The zero-order chi connectivity index (χ0) is 15.2. The van der Waals surface area contributed by atoms with Gasteiger partial charge in [-0.1, -0.05) is 19.9 Å². The first-order valence-electron chi connectivity index (χ1n) is 6.99. The molecular formula is C16H25NO3. The smallest absolute Gasteiger partial charge is 0.412 e. The van der Waals surface area contributed by atoms with Crippen molar-refractivity contribution in [3.63, 3.8) is 0 Å². The number of hydrogen-bond donors (Lipinski definition) is 1. The van der Waals surface area contributed by atoms with Gasteiger partial charge in [0.1, 0.15) is 11.4 Å². The Balaban J connectivity index is 2.53. The van der Waals surface area contributed by atoms with Crippen LogP contribution in [0.5, 0.6) is 5.75 Å². The van der Waals surface area contributed by atoms with Crippen molar-refractivity contribution >= 4 is 11.8 Å². The van der Waals surface area contributed by atoms with Gasteiger partial charge in [-0.2, -0.15) is 0 Å². The maximum Gasteiger partial charge on any atom is 0.412 e. The van der Waals surface area contributed by atoms with Crippen molar-refractivity contribution in [2.24, 2.45) is 5.92 Å². The molecule has 20 heavy (non-hydrogen) atoms. The fourth-order valence-electron chi connectivity index (χ4n) is 1.50. The number of rotatable bonds is 5. The van der Waals surface area contributed by atoms with Crippen LogP contribution in [0.3, 0.4) is 0 Å². The van der Waals surface area contributed by atoms with Gasteiger partial charge in [0.15, 0.2) is 0 Å². The fraction of sp³-hybridized carbons (Fsp3) is 0.562. The van der Waals surface area contributed by atoms with Gasteiger partial charge < -0.3 is 9.47 Å². The Bertz CT molecular complexity index is 436. The van der Waals surface area contributed by atoms with Crippen LogP contribution in [0.4, 0.5) is 10.5 Å². The normalized spacial score (nSPS) is 11.3. The molecular weight excluding hydrogens is 254 g/mol. The number of ether oxygens (including phenoxy) is 2. The van der Waals surface area contributed by atoms with Crippen LogP contribution in [0.2, 0.25) is 0 Å². The molecule has 0 aliphatic rings. The minimum absolute atomic E-state index is 0.461. The highest BCUT2D eigenvalue weighted by Crippen LogP contribution is 2.19. The van der Waals surface area contributed by atoms with E-state index in [0.29, 0.717) is 18.2 Å². The van der Waals surface area contributed by atoms with Gasteiger partial charge in [0.2, 0.25) is 0 Å². The van der Waals surface area contributed by atoms with Crippen LogP contribution in [-0.2, 0) is 4.74 Å². The van der Waals surface area contributed by atoms with Gasteiger partial charge in [-0.15, -0.1) is 0 Å². The number of carbonyl (C=O) groups is 1. The molecule has 0 spiro atoms. The Morgan fingerprint density at radius 1 is 1.30 bits per heavy atom. The average molecular weight is 279 g/mol. The SMILES string of the molecule is CC(C)CCOc1cccc(NC(=O)OC(C)(C)C)c1. The first-order valence-corrected chi connectivity index (χ1v) is 6.99. The Morgan fingerprint density at radius 2 is 2.00 bits per heavy atom. The second kappa shape index (κ2) is 7.17. The van der Waals surface area contributed by atoms with E-state index < -0.39 is 11.7 Å². The van der Waals surface area contributed by atoms with Crippen molar-refractivity contribution in [3.05, 3.63) is 24.3 Å². The number of amides is 1. The molecule has 0 aromatic heterocycles. The highest BCUT2D eigenvalue weighted by Gasteiger charge is 2.16. The van der Waals surface area contributed by atoms with E-state index in [4.69, 9.17) is 9.47 Å². The van der Waals surface area contributed by atoms with E-state index in [-0.39, 0.29) is 0 Å². The van der Waals surface area contributed by atoms with E-state index in [9.17, 15) is 4.79 Å². The van der Waals surface area contributed by atoms with Gasteiger partial charge in [0, 0.05) is 11.8 Å². The van der Waals surface area contributed by atoms with Crippen molar-refractivity contribution in [2.75, 3.05) is 11.9 Å². The van der Waals surface area contributed by atoms with Crippen LogP contribution in [0.15, 0.2) is 24.3 Å². The molecule has 0 radical (unpaired) electrons. The summed E-state index contributed by atoms with van der Waals surface area (Å²) >= 11 is 0. The molecule has 0 saturated carbocycles. The summed E-state index contributed by atoms with van der Waals surface area (Å²) in [7, 11) is 0. The van der Waals surface area contributed by atoms with E-state index in [0.717, 1.165) is 12.2 Å². The molecule has 0 heterocycles. The number of nitrogens with one attached hydrogen (secondary N) is 1. The van der Waals surface area contributed by atoms with Gasteiger partial charge in [0.05, 0.1) is 6.61 Å². The number of benzene rings is 1. The predicted molar refractivity (Wildman–Crippen MR) is 81.2 cm³/mol. The minimum Gasteiger partial charge on any atom is -0.494 e. The maximum absolute atomic E-state index is 11.7. The summed E-state index contributed by atoms with van der Waals surface area (Å²) < 4.78 is 10.9. The molecule has 0 atom stereocenters. The molecule has 1 aromatic rings. The number of anilines is 1. The highest BCUT2D eigenvalue weighted by molar-refractivity contribution is 5.85. The second-order valence-electron chi connectivity index (χ2n) is 6.19. The molecule has 0 aliphatic carbocycles. The van der Waals surface area contributed by atoms with Gasteiger partial charge in [0.25, 0.3) is 0 Å². The Hall–Kier alpha value is -1.71. The lowest BCUT2D eigenvalue weighted by Gasteiger charge is -2.19. The Kier molecular flexibility index (Phi) is 5.86. The Labute approximate surface area is 121 Å². The summed E-state index contributed by atoms with van der Waals surface area (Å²) in [6, 6.07) is 7.32. The highest BCUT2D eigenvalue weighted by atomic mass is 16.6. The van der Waals surface area contributed by atoms with Crippen molar-refractivity contribution < 1.29 is 14.3 Å². The zero-order valence-electron chi connectivity index (χ0n) is 13.0. The second-order valence-corrected chi connectivity index (χ2v) is 6.19. The largest absolute Gasteiger partial charge is 0.494 e. The molecule has 1 aromatic carbocycles. The van der Waals surface area contributed by atoms with Crippen molar-refractivity contribution in [1.29, 1.82) is 0 Å². The summed E-state index contributed by atoms with van der Waals surface area (Å²) in [6.45, 7) is 10.5.